The van der Waals surface area contributed by atoms with Gasteiger partial charge >= 0.3 is 0 Å². The lowest BCUT2D eigenvalue weighted by Crippen LogP contribution is -2.41. The minimum Gasteiger partial charge on any atom is -0.490 e. The van der Waals surface area contributed by atoms with Crippen LogP contribution in [0.25, 0.3) is 11.0 Å². The third-order valence-corrected chi connectivity index (χ3v) is 5.76. The van der Waals surface area contributed by atoms with E-state index in [2.05, 4.69) is 15.9 Å². The number of para-hydroxylation sites is 2. The zero-order valence-electron chi connectivity index (χ0n) is 16.6. The SMILES string of the molecule is CCOc1ccccc1OC1CCN(C(=O)c2oc3ccc(Br)cc3c2C)CC1. The smallest absolute Gasteiger partial charge is 0.289 e. The number of benzene rings is 2. The summed E-state index contributed by atoms with van der Waals surface area (Å²) in [5.74, 6) is 1.90. The molecule has 1 aliphatic heterocycles. The molecule has 152 valence electrons. The highest BCUT2D eigenvalue weighted by molar-refractivity contribution is 9.10. The van der Waals surface area contributed by atoms with Crippen molar-refractivity contribution >= 4 is 32.8 Å². The molecule has 1 aliphatic rings. The van der Waals surface area contributed by atoms with Gasteiger partial charge in [0.2, 0.25) is 0 Å². The second-order valence-electron chi connectivity index (χ2n) is 7.19. The predicted molar refractivity (Wildman–Crippen MR) is 116 cm³/mol. The maximum absolute atomic E-state index is 13.0. The number of amides is 1. The summed E-state index contributed by atoms with van der Waals surface area (Å²) in [6, 6.07) is 13.5. The summed E-state index contributed by atoms with van der Waals surface area (Å²) in [5, 5.41) is 0.966. The normalized spacial score (nSPS) is 14.9. The maximum Gasteiger partial charge on any atom is 0.289 e. The van der Waals surface area contributed by atoms with Crippen LogP contribution < -0.4 is 9.47 Å². The molecule has 0 unspecified atom stereocenters. The van der Waals surface area contributed by atoms with Crippen LogP contribution in [0.1, 0.15) is 35.9 Å². The molecule has 3 aromatic rings. The van der Waals surface area contributed by atoms with E-state index in [-0.39, 0.29) is 12.0 Å². The lowest BCUT2D eigenvalue weighted by Gasteiger charge is -2.32. The number of fused-ring (bicyclic) bond motifs is 1. The summed E-state index contributed by atoms with van der Waals surface area (Å²) in [7, 11) is 0. The summed E-state index contributed by atoms with van der Waals surface area (Å²) in [6.45, 7) is 5.77. The molecule has 2 heterocycles. The molecule has 0 spiro atoms. The van der Waals surface area contributed by atoms with E-state index >= 15 is 0 Å². The average molecular weight is 458 g/mol. The number of carbonyl (C=O) groups is 1. The molecule has 1 fully saturated rings. The van der Waals surface area contributed by atoms with Gasteiger partial charge in [-0.2, -0.15) is 0 Å². The first-order valence-electron chi connectivity index (χ1n) is 9.93. The van der Waals surface area contributed by atoms with Crippen molar-refractivity contribution in [2.75, 3.05) is 19.7 Å². The molecule has 0 saturated carbocycles. The summed E-state index contributed by atoms with van der Waals surface area (Å²) in [5.41, 5.74) is 1.62. The number of carbonyl (C=O) groups excluding carboxylic acids is 1. The van der Waals surface area contributed by atoms with Gasteiger partial charge in [-0.1, -0.05) is 28.1 Å². The molecule has 0 bridgehead atoms. The first kappa shape index (κ1) is 19.8. The van der Waals surface area contributed by atoms with E-state index in [1.54, 1.807) is 0 Å². The Morgan fingerprint density at radius 1 is 1.17 bits per heavy atom. The highest BCUT2D eigenvalue weighted by Crippen LogP contribution is 2.31. The third kappa shape index (κ3) is 4.13. The summed E-state index contributed by atoms with van der Waals surface area (Å²) in [6.07, 6.45) is 1.61. The van der Waals surface area contributed by atoms with E-state index < -0.39 is 0 Å². The van der Waals surface area contributed by atoms with Crippen LogP contribution in [0.2, 0.25) is 0 Å². The fourth-order valence-electron chi connectivity index (χ4n) is 3.72. The number of ether oxygens (including phenoxy) is 2. The quantitative estimate of drug-likeness (QED) is 0.501. The number of hydrogen-bond donors (Lipinski definition) is 0. The molecular weight excluding hydrogens is 434 g/mol. The van der Waals surface area contributed by atoms with Crippen molar-refractivity contribution in [2.24, 2.45) is 0 Å². The van der Waals surface area contributed by atoms with E-state index in [9.17, 15) is 4.79 Å². The Balaban J connectivity index is 1.42. The van der Waals surface area contributed by atoms with Gasteiger partial charge in [0, 0.05) is 41.4 Å². The first-order chi connectivity index (χ1) is 14.1. The zero-order chi connectivity index (χ0) is 20.4. The number of nitrogens with zero attached hydrogens (tertiary/aromatic N) is 1. The second kappa shape index (κ2) is 8.49. The van der Waals surface area contributed by atoms with Crippen molar-refractivity contribution in [1.29, 1.82) is 0 Å². The number of aryl methyl sites for hydroxylation is 1. The minimum atomic E-state index is -0.0528. The molecule has 0 radical (unpaired) electrons. The van der Waals surface area contributed by atoms with Crippen molar-refractivity contribution < 1.29 is 18.7 Å². The Morgan fingerprint density at radius 2 is 1.90 bits per heavy atom. The van der Waals surface area contributed by atoms with Crippen molar-refractivity contribution in [2.45, 2.75) is 32.8 Å². The van der Waals surface area contributed by atoms with Gasteiger partial charge in [-0.3, -0.25) is 4.79 Å². The first-order valence-corrected chi connectivity index (χ1v) is 10.7. The monoisotopic (exact) mass is 457 g/mol. The predicted octanol–water partition coefficient (Wildman–Crippen LogP) is 5.59. The molecule has 1 amide bonds. The van der Waals surface area contributed by atoms with Gasteiger partial charge in [0.05, 0.1) is 6.61 Å². The van der Waals surface area contributed by atoms with Crippen molar-refractivity contribution in [3.05, 3.63) is 58.3 Å². The molecular formula is C23H24BrNO4. The summed E-state index contributed by atoms with van der Waals surface area (Å²) < 4.78 is 18.7. The van der Waals surface area contributed by atoms with Crippen molar-refractivity contribution in [3.63, 3.8) is 0 Å². The van der Waals surface area contributed by atoms with Crippen molar-refractivity contribution in [1.82, 2.24) is 4.90 Å². The molecule has 1 aromatic heterocycles. The molecule has 0 N–H and O–H groups in total. The molecule has 5 nitrogen and oxygen atoms in total. The van der Waals surface area contributed by atoms with Gasteiger partial charge in [0.25, 0.3) is 5.91 Å². The van der Waals surface area contributed by atoms with Gasteiger partial charge in [0.1, 0.15) is 11.7 Å². The lowest BCUT2D eigenvalue weighted by molar-refractivity contribution is 0.0562. The van der Waals surface area contributed by atoms with E-state index in [0.29, 0.717) is 25.5 Å². The highest BCUT2D eigenvalue weighted by Gasteiger charge is 2.28. The molecule has 0 atom stereocenters. The lowest BCUT2D eigenvalue weighted by atomic mass is 10.1. The van der Waals surface area contributed by atoms with Crippen LogP contribution in [-0.4, -0.2) is 36.6 Å². The number of piperidine rings is 1. The molecule has 6 heteroatoms. The highest BCUT2D eigenvalue weighted by atomic mass is 79.9. The number of rotatable bonds is 5. The van der Waals surface area contributed by atoms with E-state index in [0.717, 1.165) is 45.3 Å². The van der Waals surface area contributed by atoms with Gasteiger partial charge in [-0.15, -0.1) is 0 Å². The number of furan rings is 1. The maximum atomic E-state index is 13.0. The van der Waals surface area contributed by atoms with Crippen LogP contribution in [0.5, 0.6) is 11.5 Å². The van der Waals surface area contributed by atoms with E-state index in [1.165, 1.54) is 0 Å². The van der Waals surface area contributed by atoms with E-state index in [4.69, 9.17) is 13.9 Å². The molecule has 4 rings (SSSR count). The molecule has 1 saturated heterocycles. The van der Waals surface area contributed by atoms with Crippen molar-refractivity contribution in [3.8, 4) is 11.5 Å². The minimum absolute atomic E-state index is 0.0528. The second-order valence-corrected chi connectivity index (χ2v) is 8.10. The largest absolute Gasteiger partial charge is 0.490 e. The number of hydrogen-bond acceptors (Lipinski definition) is 4. The van der Waals surface area contributed by atoms with Crippen LogP contribution in [0.4, 0.5) is 0 Å². The molecule has 2 aromatic carbocycles. The Bertz CT molecular complexity index is 1020. The third-order valence-electron chi connectivity index (χ3n) is 5.26. The van der Waals surface area contributed by atoms with E-state index in [1.807, 2.05) is 61.2 Å². The van der Waals surface area contributed by atoms with Crippen LogP contribution in [0.15, 0.2) is 51.4 Å². The topological polar surface area (TPSA) is 51.9 Å². The number of likely N-dealkylation sites (tertiary alicyclic amines) is 1. The summed E-state index contributed by atoms with van der Waals surface area (Å²) in [4.78, 5) is 14.9. The average Bonchev–Trinajstić information content (AvgIpc) is 3.06. The van der Waals surface area contributed by atoms with Crippen LogP contribution in [0, 0.1) is 6.92 Å². The van der Waals surface area contributed by atoms with Gasteiger partial charge < -0.3 is 18.8 Å². The Hall–Kier alpha value is -2.47. The Kier molecular flexibility index (Phi) is 5.81. The number of halogens is 1. The van der Waals surface area contributed by atoms with Crippen LogP contribution in [0.3, 0.4) is 0 Å². The Morgan fingerprint density at radius 3 is 2.62 bits per heavy atom. The van der Waals surface area contributed by atoms with Gasteiger partial charge in [-0.25, -0.2) is 0 Å². The molecule has 29 heavy (non-hydrogen) atoms. The fourth-order valence-corrected chi connectivity index (χ4v) is 4.08. The van der Waals surface area contributed by atoms with Crippen LogP contribution >= 0.6 is 15.9 Å². The molecule has 0 aliphatic carbocycles. The fraction of sp³-hybridized carbons (Fsp3) is 0.348. The van der Waals surface area contributed by atoms with Crippen LogP contribution in [-0.2, 0) is 0 Å². The zero-order valence-corrected chi connectivity index (χ0v) is 18.2. The standard InChI is InChI=1S/C23H24BrNO4/c1-3-27-20-6-4-5-7-21(20)28-17-10-12-25(13-11-17)23(26)22-15(2)18-14-16(24)8-9-19(18)29-22/h4-9,14,17H,3,10-13H2,1-2H3. The summed E-state index contributed by atoms with van der Waals surface area (Å²) >= 11 is 3.48. The van der Waals surface area contributed by atoms with Gasteiger partial charge in [0.15, 0.2) is 17.3 Å². The van der Waals surface area contributed by atoms with Gasteiger partial charge in [-0.05, 0) is 44.2 Å². The Labute approximate surface area is 178 Å².